The zero-order chi connectivity index (χ0) is 24.9. The summed E-state index contributed by atoms with van der Waals surface area (Å²) < 4.78 is 37.1. The minimum Gasteiger partial charge on any atom is -0.382 e. The van der Waals surface area contributed by atoms with Crippen molar-refractivity contribution >= 4 is 67.5 Å². The Morgan fingerprint density at radius 3 is 2.80 bits per heavy atom. The highest BCUT2D eigenvalue weighted by Crippen LogP contribution is 2.30. The molecular weight excluding hydrogens is 517 g/mol. The van der Waals surface area contributed by atoms with Crippen LogP contribution in [0.3, 0.4) is 0 Å². The van der Waals surface area contributed by atoms with Gasteiger partial charge in [0.25, 0.3) is 17.2 Å². The van der Waals surface area contributed by atoms with Crippen LogP contribution in [0.5, 0.6) is 0 Å². The van der Waals surface area contributed by atoms with Crippen LogP contribution in [-0.2, 0) is 11.3 Å². The summed E-state index contributed by atoms with van der Waals surface area (Å²) >= 11 is 4.42. The number of halogens is 2. The van der Waals surface area contributed by atoms with Crippen molar-refractivity contribution in [3.8, 4) is 0 Å². The Morgan fingerprint density at radius 1 is 1.26 bits per heavy atom. The van der Waals surface area contributed by atoms with Crippen molar-refractivity contribution in [2.75, 3.05) is 34.7 Å². The second-order valence-corrected chi connectivity index (χ2v) is 9.60. The highest BCUT2D eigenvalue weighted by molar-refractivity contribution is 7.81. The fourth-order valence-corrected chi connectivity index (χ4v) is 4.90. The SMILES string of the molecule is CCNCCNc1cc(F)ccc1NC(=O)c1cccc2c1cnn2N(c1ncc(Cl)s1)S(=O)O. The van der Waals surface area contributed by atoms with Crippen LogP contribution >= 0.6 is 22.9 Å². The number of rotatable bonds is 10. The molecule has 0 bridgehead atoms. The number of hydrogen-bond donors (Lipinski definition) is 4. The van der Waals surface area contributed by atoms with Crippen LogP contribution < -0.4 is 20.4 Å². The molecule has 10 nitrogen and oxygen atoms in total. The van der Waals surface area contributed by atoms with Gasteiger partial charge >= 0.3 is 0 Å². The van der Waals surface area contributed by atoms with Gasteiger partial charge in [-0.05, 0) is 36.9 Å². The quantitative estimate of drug-likeness (QED) is 0.178. The van der Waals surface area contributed by atoms with Crippen LogP contribution in [-0.4, -0.2) is 49.2 Å². The maximum atomic E-state index is 13.8. The van der Waals surface area contributed by atoms with Crippen molar-refractivity contribution in [2.24, 2.45) is 0 Å². The largest absolute Gasteiger partial charge is 0.382 e. The number of benzene rings is 2. The lowest BCUT2D eigenvalue weighted by atomic mass is 10.1. The summed E-state index contributed by atoms with van der Waals surface area (Å²) in [6.45, 7) is 4.01. The first-order valence-electron chi connectivity index (χ1n) is 10.4. The van der Waals surface area contributed by atoms with E-state index in [-0.39, 0.29) is 10.7 Å². The van der Waals surface area contributed by atoms with Crippen LogP contribution in [0.15, 0.2) is 48.8 Å². The number of carbonyl (C=O) groups excluding carboxylic acids is 1. The summed E-state index contributed by atoms with van der Waals surface area (Å²) in [5.41, 5.74) is 1.53. The average molecular weight is 538 g/mol. The number of fused-ring (bicyclic) bond motifs is 1. The normalized spacial score (nSPS) is 12.0. The smallest absolute Gasteiger partial charge is 0.285 e. The summed E-state index contributed by atoms with van der Waals surface area (Å²) in [5, 5.41) is 13.9. The van der Waals surface area contributed by atoms with Crippen LogP contribution in [0, 0.1) is 5.82 Å². The highest BCUT2D eigenvalue weighted by Gasteiger charge is 2.23. The molecule has 14 heteroatoms. The summed E-state index contributed by atoms with van der Waals surface area (Å²) in [7, 11) is 0. The Morgan fingerprint density at radius 2 is 2.09 bits per heavy atom. The molecule has 1 atom stereocenters. The van der Waals surface area contributed by atoms with E-state index in [4.69, 9.17) is 11.6 Å². The molecule has 0 aliphatic heterocycles. The topological polar surface area (TPSA) is 124 Å². The number of hydrogen-bond acceptors (Lipinski definition) is 7. The van der Waals surface area contributed by atoms with Gasteiger partial charge in [0.1, 0.15) is 10.2 Å². The third-order valence-electron chi connectivity index (χ3n) is 4.89. The minimum absolute atomic E-state index is 0.148. The number of thiazole rings is 1. The Balaban J connectivity index is 1.64. The fourth-order valence-electron chi connectivity index (χ4n) is 3.35. The zero-order valence-electron chi connectivity index (χ0n) is 18.4. The zero-order valence-corrected chi connectivity index (χ0v) is 20.8. The minimum atomic E-state index is -2.51. The summed E-state index contributed by atoms with van der Waals surface area (Å²) in [6.07, 6.45) is 2.78. The monoisotopic (exact) mass is 537 g/mol. The standard InChI is InChI=1S/C21H21ClFN7O3S2/c1-2-24-8-9-25-17-10-13(23)6-7-16(17)28-20(31)14-4-3-5-18-15(14)11-27-29(18)30(35(32)33)21-26-12-19(22)34-21/h3-7,10-12,24-25H,2,8-9H2,1H3,(H,28,31)(H,32,33). The summed E-state index contributed by atoms with van der Waals surface area (Å²) in [6, 6.07) is 8.94. The molecule has 184 valence electrons. The Labute approximate surface area is 211 Å². The molecule has 0 saturated heterocycles. The molecule has 1 unspecified atom stereocenters. The number of likely N-dealkylation sites (N-methyl/N-ethyl adjacent to an activating group) is 1. The van der Waals surface area contributed by atoms with Gasteiger partial charge in [0.05, 0.1) is 34.8 Å². The van der Waals surface area contributed by atoms with Gasteiger partial charge in [-0.2, -0.15) is 9.89 Å². The van der Waals surface area contributed by atoms with E-state index < -0.39 is 23.0 Å². The van der Waals surface area contributed by atoms with Gasteiger partial charge in [0.2, 0.25) is 5.13 Å². The van der Waals surface area contributed by atoms with Crippen molar-refractivity contribution in [1.29, 1.82) is 0 Å². The van der Waals surface area contributed by atoms with Gasteiger partial charge in [0, 0.05) is 18.5 Å². The molecule has 4 aromatic rings. The van der Waals surface area contributed by atoms with E-state index in [9.17, 15) is 17.9 Å². The molecule has 0 aliphatic carbocycles. The average Bonchev–Trinajstić information content (AvgIpc) is 3.45. The molecule has 4 rings (SSSR count). The molecule has 0 saturated carbocycles. The van der Waals surface area contributed by atoms with Crippen LogP contribution in [0.25, 0.3) is 10.9 Å². The molecule has 0 spiro atoms. The number of carbonyl (C=O) groups is 1. The first-order valence-corrected chi connectivity index (χ1v) is 12.7. The van der Waals surface area contributed by atoms with Gasteiger partial charge in [-0.25, -0.2) is 13.6 Å². The number of nitrogens with zero attached hydrogens (tertiary/aromatic N) is 4. The van der Waals surface area contributed by atoms with E-state index in [0.717, 1.165) is 22.3 Å². The molecule has 35 heavy (non-hydrogen) atoms. The van der Waals surface area contributed by atoms with Gasteiger partial charge in [-0.15, -0.1) is 4.41 Å². The second-order valence-electron chi connectivity index (χ2n) is 7.15. The molecule has 0 radical (unpaired) electrons. The van der Waals surface area contributed by atoms with Gasteiger partial charge in [-0.3, -0.25) is 9.35 Å². The van der Waals surface area contributed by atoms with Gasteiger partial charge in [-0.1, -0.05) is 35.9 Å². The van der Waals surface area contributed by atoms with E-state index in [1.165, 1.54) is 35.4 Å². The van der Waals surface area contributed by atoms with Crippen molar-refractivity contribution < 1.29 is 17.9 Å². The number of anilines is 3. The number of aromatic nitrogens is 3. The summed E-state index contributed by atoms with van der Waals surface area (Å²) in [5.74, 6) is -0.887. The van der Waals surface area contributed by atoms with E-state index in [0.29, 0.717) is 39.7 Å². The predicted molar refractivity (Wildman–Crippen MR) is 137 cm³/mol. The van der Waals surface area contributed by atoms with Crippen molar-refractivity contribution in [1.82, 2.24) is 20.2 Å². The Hall–Kier alpha value is -3.10. The Bertz CT molecular complexity index is 1380. The fraction of sp³-hybridized carbons (Fsp3) is 0.190. The van der Waals surface area contributed by atoms with Gasteiger partial charge in [0.15, 0.2) is 0 Å². The molecule has 2 aromatic heterocycles. The Kier molecular flexibility index (Phi) is 7.93. The van der Waals surface area contributed by atoms with E-state index in [2.05, 4.69) is 26.0 Å². The third-order valence-corrected chi connectivity index (χ3v) is 6.71. The maximum Gasteiger partial charge on any atom is 0.285 e. The highest BCUT2D eigenvalue weighted by atomic mass is 35.5. The lowest BCUT2D eigenvalue weighted by Crippen LogP contribution is -2.32. The van der Waals surface area contributed by atoms with Crippen LogP contribution in [0.4, 0.5) is 20.9 Å². The van der Waals surface area contributed by atoms with Crippen LogP contribution in [0.2, 0.25) is 4.34 Å². The number of amides is 1. The van der Waals surface area contributed by atoms with E-state index >= 15 is 0 Å². The number of nitrogens with one attached hydrogen (secondary N) is 3. The van der Waals surface area contributed by atoms with E-state index in [1.54, 1.807) is 18.2 Å². The van der Waals surface area contributed by atoms with Gasteiger partial charge < -0.3 is 16.0 Å². The first kappa shape index (κ1) is 25.0. The lowest BCUT2D eigenvalue weighted by molar-refractivity contribution is 0.102. The third kappa shape index (κ3) is 5.60. The molecule has 2 aromatic carbocycles. The molecule has 0 fully saturated rings. The summed E-state index contributed by atoms with van der Waals surface area (Å²) in [4.78, 5) is 18.4. The molecule has 0 aliphatic rings. The van der Waals surface area contributed by atoms with E-state index in [1.807, 2.05) is 6.92 Å². The molecule has 1 amide bonds. The maximum absolute atomic E-state index is 13.8. The van der Waals surface area contributed by atoms with Crippen molar-refractivity contribution in [3.05, 3.63) is 64.5 Å². The predicted octanol–water partition coefficient (Wildman–Crippen LogP) is 3.97. The first-order chi connectivity index (χ1) is 16.9. The molecule has 4 N–H and O–H groups in total. The second kappa shape index (κ2) is 11.1. The molecule has 2 heterocycles. The van der Waals surface area contributed by atoms with Crippen molar-refractivity contribution in [3.63, 3.8) is 0 Å². The molecular formula is C21H21ClFN7O3S2. The lowest BCUT2D eigenvalue weighted by Gasteiger charge is -2.17. The van der Waals surface area contributed by atoms with Crippen molar-refractivity contribution in [2.45, 2.75) is 6.92 Å². The van der Waals surface area contributed by atoms with Crippen LogP contribution in [0.1, 0.15) is 17.3 Å².